The molecule has 1 aliphatic heterocycles. The van der Waals surface area contributed by atoms with Crippen LogP contribution in [0.15, 0.2) is 18.2 Å². The average Bonchev–Trinajstić information content (AvgIpc) is 2.28. The van der Waals surface area contributed by atoms with Crippen molar-refractivity contribution >= 4 is 0 Å². The molecule has 1 N–H and O–H groups in total. The number of hydrogen-bond donors (Lipinski definition) is 1. The van der Waals surface area contributed by atoms with Gasteiger partial charge >= 0.3 is 0 Å². The molecule has 0 unspecified atom stereocenters. The van der Waals surface area contributed by atoms with Gasteiger partial charge in [0, 0.05) is 26.7 Å². The van der Waals surface area contributed by atoms with E-state index in [0.29, 0.717) is 6.54 Å². The Morgan fingerprint density at radius 3 is 2.94 bits per heavy atom. The molecule has 0 atom stereocenters. The molecule has 0 aromatic heterocycles. The summed E-state index contributed by atoms with van der Waals surface area (Å²) in [5, 5.41) is 10.6. The van der Waals surface area contributed by atoms with Gasteiger partial charge in [-0.15, -0.1) is 0 Å². The number of likely N-dealkylation sites (N-methyl/N-ethyl adjacent to an activating group) is 1. The third-order valence-corrected chi connectivity index (χ3v) is 3.30. The molecule has 88 valence electrons. The van der Waals surface area contributed by atoms with Gasteiger partial charge in [-0.05, 0) is 29.7 Å². The molecule has 16 heavy (non-hydrogen) atoms. The molecular formula is C13H20N2O. The van der Waals surface area contributed by atoms with Crippen molar-refractivity contribution in [3.63, 3.8) is 0 Å². The van der Waals surface area contributed by atoms with Gasteiger partial charge in [0.1, 0.15) is 0 Å². The zero-order chi connectivity index (χ0) is 11.5. The van der Waals surface area contributed by atoms with Gasteiger partial charge < -0.3 is 5.21 Å². The molecule has 0 aliphatic carbocycles. The van der Waals surface area contributed by atoms with Crippen LogP contribution >= 0.6 is 0 Å². The van der Waals surface area contributed by atoms with Crippen molar-refractivity contribution in [1.29, 1.82) is 0 Å². The third kappa shape index (κ3) is 2.43. The minimum absolute atomic E-state index is 0.612. The molecule has 0 radical (unpaired) electrons. The van der Waals surface area contributed by atoms with Gasteiger partial charge in [-0.1, -0.05) is 25.1 Å². The third-order valence-electron chi connectivity index (χ3n) is 3.30. The molecule has 0 fully saturated rings. The lowest BCUT2D eigenvalue weighted by atomic mass is 9.95. The van der Waals surface area contributed by atoms with Crippen molar-refractivity contribution in [3.05, 3.63) is 34.9 Å². The average molecular weight is 220 g/mol. The summed E-state index contributed by atoms with van der Waals surface area (Å²) >= 11 is 0. The monoisotopic (exact) mass is 220 g/mol. The van der Waals surface area contributed by atoms with Crippen LogP contribution in [0.25, 0.3) is 0 Å². The number of nitrogens with zero attached hydrogens (tertiary/aromatic N) is 2. The van der Waals surface area contributed by atoms with E-state index in [9.17, 15) is 5.21 Å². The zero-order valence-corrected chi connectivity index (χ0v) is 10.1. The topological polar surface area (TPSA) is 26.7 Å². The van der Waals surface area contributed by atoms with Gasteiger partial charge in [-0.25, -0.2) is 0 Å². The maximum absolute atomic E-state index is 9.35. The summed E-state index contributed by atoms with van der Waals surface area (Å²) in [6, 6.07) is 6.42. The van der Waals surface area contributed by atoms with Crippen LogP contribution in [-0.4, -0.2) is 35.3 Å². The second-order valence-electron chi connectivity index (χ2n) is 4.49. The molecule has 3 heteroatoms. The molecule has 0 amide bonds. The predicted molar refractivity (Wildman–Crippen MR) is 64.4 cm³/mol. The van der Waals surface area contributed by atoms with Gasteiger partial charge in [0.15, 0.2) is 0 Å². The quantitative estimate of drug-likeness (QED) is 0.788. The highest BCUT2D eigenvalue weighted by Crippen LogP contribution is 2.23. The van der Waals surface area contributed by atoms with Crippen molar-refractivity contribution in [3.8, 4) is 0 Å². The van der Waals surface area contributed by atoms with Gasteiger partial charge in [0.2, 0.25) is 0 Å². The lowest BCUT2D eigenvalue weighted by molar-refractivity contribution is -0.0734. The Morgan fingerprint density at radius 2 is 2.25 bits per heavy atom. The van der Waals surface area contributed by atoms with Crippen LogP contribution in [0.1, 0.15) is 23.6 Å². The van der Waals surface area contributed by atoms with Crippen molar-refractivity contribution < 1.29 is 5.21 Å². The Hall–Kier alpha value is -0.900. The largest absolute Gasteiger partial charge is 0.314 e. The molecule has 1 aromatic carbocycles. The molecule has 0 saturated heterocycles. The highest BCUT2D eigenvalue weighted by atomic mass is 16.5. The van der Waals surface area contributed by atoms with Gasteiger partial charge in [-0.3, -0.25) is 4.90 Å². The molecule has 0 bridgehead atoms. The number of hydrogen-bond acceptors (Lipinski definition) is 3. The Labute approximate surface area is 97.2 Å². The lowest BCUT2D eigenvalue weighted by Crippen LogP contribution is -2.31. The first-order chi connectivity index (χ1) is 7.70. The van der Waals surface area contributed by atoms with E-state index in [2.05, 4.69) is 30.0 Å². The van der Waals surface area contributed by atoms with Crippen LogP contribution in [0, 0.1) is 0 Å². The summed E-state index contributed by atoms with van der Waals surface area (Å²) in [5.41, 5.74) is 4.11. The van der Waals surface area contributed by atoms with Crippen molar-refractivity contribution in [2.45, 2.75) is 26.4 Å². The first-order valence-electron chi connectivity index (χ1n) is 5.92. The first-order valence-corrected chi connectivity index (χ1v) is 5.92. The van der Waals surface area contributed by atoms with E-state index in [0.717, 1.165) is 26.1 Å². The number of benzene rings is 1. The van der Waals surface area contributed by atoms with Crippen LogP contribution in [0.2, 0.25) is 0 Å². The standard InChI is InChI=1S/C13H20N2O/c1-3-15-8-7-11-5-4-6-12(9-14(2)16)13(11)10-15/h4-6,16H,3,7-10H2,1-2H3. The number of rotatable bonds is 3. The van der Waals surface area contributed by atoms with E-state index in [1.807, 2.05) is 0 Å². The van der Waals surface area contributed by atoms with Crippen LogP contribution in [0.3, 0.4) is 0 Å². The number of hydroxylamine groups is 2. The van der Waals surface area contributed by atoms with Gasteiger partial charge in [-0.2, -0.15) is 5.06 Å². The molecule has 1 aliphatic rings. The summed E-state index contributed by atoms with van der Waals surface area (Å²) in [4.78, 5) is 2.45. The van der Waals surface area contributed by atoms with E-state index in [4.69, 9.17) is 0 Å². The van der Waals surface area contributed by atoms with Crippen LogP contribution in [0.5, 0.6) is 0 Å². The minimum atomic E-state index is 0.612. The molecule has 1 heterocycles. The van der Waals surface area contributed by atoms with E-state index in [1.54, 1.807) is 7.05 Å². The fraction of sp³-hybridized carbons (Fsp3) is 0.538. The smallest absolute Gasteiger partial charge is 0.0488 e. The maximum Gasteiger partial charge on any atom is 0.0488 e. The molecule has 2 rings (SSSR count). The molecular weight excluding hydrogens is 200 g/mol. The molecule has 1 aromatic rings. The normalized spacial score (nSPS) is 16.5. The zero-order valence-electron chi connectivity index (χ0n) is 10.1. The summed E-state index contributed by atoms with van der Waals surface area (Å²) in [7, 11) is 1.69. The minimum Gasteiger partial charge on any atom is -0.314 e. The van der Waals surface area contributed by atoms with Crippen LogP contribution < -0.4 is 0 Å². The first kappa shape index (κ1) is 11.6. The molecule has 0 spiro atoms. The Morgan fingerprint density at radius 1 is 1.44 bits per heavy atom. The van der Waals surface area contributed by atoms with Crippen LogP contribution in [-0.2, 0) is 19.5 Å². The highest BCUT2D eigenvalue weighted by Gasteiger charge is 2.17. The van der Waals surface area contributed by atoms with Crippen molar-refractivity contribution in [2.24, 2.45) is 0 Å². The Kier molecular flexibility index (Phi) is 3.59. The summed E-state index contributed by atoms with van der Waals surface area (Å²) in [6.07, 6.45) is 1.13. The van der Waals surface area contributed by atoms with Gasteiger partial charge in [0.05, 0.1) is 0 Å². The van der Waals surface area contributed by atoms with E-state index < -0.39 is 0 Å². The van der Waals surface area contributed by atoms with E-state index in [1.165, 1.54) is 21.8 Å². The Bertz CT molecular complexity index is 363. The molecule has 0 saturated carbocycles. The van der Waals surface area contributed by atoms with E-state index in [-0.39, 0.29) is 0 Å². The highest BCUT2D eigenvalue weighted by molar-refractivity contribution is 5.36. The lowest BCUT2D eigenvalue weighted by Gasteiger charge is -2.29. The fourth-order valence-corrected chi connectivity index (χ4v) is 2.37. The predicted octanol–water partition coefficient (Wildman–Crippen LogP) is 1.89. The maximum atomic E-state index is 9.35. The SMILES string of the molecule is CCN1CCc2cccc(CN(C)O)c2C1. The number of fused-ring (bicyclic) bond motifs is 1. The second kappa shape index (κ2) is 4.95. The van der Waals surface area contributed by atoms with E-state index >= 15 is 0 Å². The second-order valence-corrected chi connectivity index (χ2v) is 4.49. The summed E-state index contributed by atoms with van der Waals surface area (Å²) in [5.74, 6) is 0. The Balaban J connectivity index is 2.27. The summed E-state index contributed by atoms with van der Waals surface area (Å²) < 4.78 is 0. The fourth-order valence-electron chi connectivity index (χ4n) is 2.37. The van der Waals surface area contributed by atoms with Crippen molar-refractivity contribution in [1.82, 2.24) is 9.96 Å². The van der Waals surface area contributed by atoms with Gasteiger partial charge in [0.25, 0.3) is 0 Å². The summed E-state index contributed by atoms with van der Waals surface area (Å²) in [6.45, 7) is 6.09. The van der Waals surface area contributed by atoms with Crippen LogP contribution in [0.4, 0.5) is 0 Å². The van der Waals surface area contributed by atoms with Crippen molar-refractivity contribution in [2.75, 3.05) is 20.1 Å². The molecule has 3 nitrogen and oxygen atoms in total.